The van der Waals surface area contributed by atoms with Crippen LogP contribution in [0, 0.1) is 6.92 Å². The first-order valence-electron chi connectivity index (χ1n) is 9.30. The van der Waals surface area contributed by atoms with Crippen LogP contribution in [0.2, 0.25) is 0 Å². The molecule has 1 aromatic heterocycles. The third kappa shape index (κ3) is 3.97. The number of piperazine rings is 1. The fourth-order valence-corrected chi connectivity index (χ4v) is 3.54. The van der Waals surface area contributed by atoms with Gasteiger partial charge in [0.2, 0.25) is 5.91 Å². The Hall–Kier alpha value is -1.85. The summed E-state index contributed by atoms with van der Waals surface area (Å²) >= 11 is 0. The zero-order valence-corrected chi connectivity index (χ0v) is 15.0. The van der Waals surface area contributed by atoms with E-state index in [1.54, 1.807) is 0 Å². The van der Waals surface area contributed by atoms with Crippen LogP contribution in [0.3, 0.4) is 0 Å². The van der Waals surface area contributed by atoms with Crippen LogP contribution in [0.1, 0.15) is 44.9 Å². The minimum Gasteiger partial charge on any atom is -0.356 e. The first-order valence-corrected chi connectivity index (χ1v) is 9.30. The number of anilines is 2. The molecule has 2 aliphatic heterocycles. The van der Waals surface area contributed by atoms with Gasteiger partial charge in [0.05, 0.1) is 0 Å². The normalized spacial score (nSPS) is 18.8. The standard InChI is InChI=1S/C18H29N5O/c1-3-7-18(24)23-12-10-22(11-13-23)17-14-16(19-15(2)20-17)21-8-5-4-6-9-21/h14H,3-13H2,1-2H3. The molecule has 2 saturated heterocycles. The van der Waals surface area contributed by atoms with Gasteiger partial charge in [-0.1, -0.05) is 6.92 Å². The minimum absolute atomic E-state index is 0.282. The van der Waals surface area contributed by atoms with Crippen LogP contribution in [-0.2, 0) is 4.79 Å². The molecule has 6 heteroatoms. The first kappa shape index (κ1) is 17.0. The molecule has 0 radical (unpaired) electrons. The van der Waals surface area contributed by atoms with E-state index in [2.05, 4.69) is 32.8 Å². The van der Waals surface area contributed by atoms with Crippen molar-refractivity contribution in [1.82, 2.24) is 14.9 Å². The lowest BCUT2D eigenvalue weighted by Crippen LogP contribution is -2.49. The maximum absolute atomic E-state index is 12.0. The van der Waals surface area contributed by atoms with Crippen molar-refractivity contribution in [1.29, 1.82) is 0 Å². The summed E-state index contributed by atoms with van der Waals surface area (Å²) in [6.45, 7) is 9.50. The van der Waals surface area contributed by atoms with E-state index in [-0.39, 0.29) is 5.91 Å². The van der Waals surface area contributed by atoms with Gasteiger partial charge in [-0.3, -0.25) is 4.79 Å². The molecule has 2 fully saturated rings. The fraction of sp³-hybridized carbons (Fsp3) is 0.722. The van der Waals surface area contributed by atoms with Crippen LogP contribution < -0.4 is 9.80 Å². The highest BCUT2D eigenvalue weighted by molar-refractivity contribution is 5.76. The zero-order chi connectivity index (χ0) is 16.9. The molecule has 1 aromatic rings. The van der Waals surface area contributed by atoms with Gasteiger partial charge >= 0.3 is 0 Å². The molecule has 0 aromatic carbocycles. The van der Waals surface area contributed by atoms with E-state index in [0.29, 0.717) is 6.42 Å². The SMILES string of the molecule is CCCC(=O)N1CCN(c2cc(N3CCCCC3)nc(C)n2)CC1. The average Bonchev–Trinajstić information content (AvgIpc) is 2.62. The second-order valence-corrected chi connectivity index (χ2v) is 6.80. The molecule has 0 N–H and O–H groups in total. The Balaban J connectivity index is 1.67. The van der Waals surface area contributed by atoms with Gasteiger partial charge in [0, 0.05) is 51.8 Å². The van der Waals surface area contributed by atoms with E-state index in [0.717, 1.165) is 63.1 Å². The first-order chi connectivity index (χ1) is 11.7. The van der Waals surface area contributed by atoms with Crippen molar-refractivity contribution in [3.63, 3.8) is 0 Å². The van der Waals surface area contributed by atoms with Crippen molar-refractivity contribution in [3.05, 3.63) is 11.9 Å². The van der Waals surface area contributed by atoms with E-state index >= 15 is 0 Å². The van der Waals surface area contributed by atoms with Crippen molar-refractivity contribution < 1.29 is 4.79 Å². The van der Waals surface area contributed by atoms with Gasteiger partial charge in [0.1, 0.15) is 17.5 Å². The number of hydrogen-bond acceptors (Lipinski definition) is 5. The molecular weight excluding hydrogens is 302 g/mol. The molecule has 0 spiro atoms. The van der Waals surface area contributed by atoms with Gasteiger partial charge in [0.15, 0.2) is 0 Å². The highest BCUT2D eigenvalue weighted by Crippen LogP contribution is 2.23. The van der Waals surface area contributed by atoms with E-state index in [4.69, 9.17) is 0 Å². The van der Waals surface area contributed by atoms with Gasteiger partial charge in [-0.15, -0.1) is 0 Å². The molecule has 6 nitrogen and oxygen atoms in total. The van der Waals surface area contributed by atoms with Crippen molar-refractivity contribution in [2.24, 2.45) is 0 Å². The van der Waals surface area contributed by atoms with Crippen molar-refractivity contribution in [2.45, 2.75) is 46.0 Å². The topological polar surface area (TPSA) is 52.6 Å². The lowest BCUT2D eigenvalue weighted by molar-refractivity contribution is -0.131. The molecular formula is C18H29N5O. The summed E-state index contributed by atoms with van der Waals surface area (Å²) in [5.41, 5.74) is 0. The predicted molar refractivity (Wildman–Crippen MR) is 96.5 cm³/mol. The Morgan fingerprint density at radius 2 is 1.54 bits per heavy atom. The zero-order valence-electron chi connectivity index (χ0n) is 15.0. The number of piperidine rings is 1. The number of aromatic nitrogens is 2. The minimum atomic E-state index is 0.282. The molecule has 24 heavy (non-hydrogen) atoms. The van der Waals surface area contributed by atoms with Crippen LogP contribution in [-0.4, -0.2) is 60.0 Å². The summed E-state index contributed by atoms with van der Waals surface area (Å²) in [6, 6.07) is 2.13. The molecule has 132 valence electrons. The van der Waals surface area contributed by atoms with Crippen molar-refractivity contribution in [2.75, 3.05) is 49.1 Å². The summed E-state index contributed by atoms with van der Waals surface area (Å²) < 4.78 is 0. The number of aryl methyl sites for hydroxylation is 1. The van der Waals surface area contributed by atoms with Crippen molar-refractivity contribution in [3.8, 4) is 0 Å². The monoisotopic (exact) mass is 331 g/mol. The Labute approximate surface area is 144 Å². The Morgan fingerprint density at radius 3 is 2.12 bits per heavy atom. The summed E-state index contributed by atoms with van der Waals surface area (Å²) in [4.78, 5) is 28.0. The van der Waals surface area contributed by atoms with Crippen LogP contribution in [0.5, 0.6) is 0 Å². The van der Waals surface area contributed by atoms with Crippen LogP contribution in [0.15, 0.2) is 6.07 Å². The smallest absolute Gasteiger partial charge is 0.222 e. The summed E-state index contributed by atoms with van der Waals surface area (Å²) in [6.07, 6.45) is 5.39. The number of hydrogen-bond donors (Lipinski definition) is 0. The number of nitrogens with zero attached hydrogens (tertiary/aromatic N) is 5. The molecule has 0 atom stereocenters. The Kier molecular flexibility index (Phi) is 5.53. The molecule has 0 bridgehead atoms. The number of amides is 1. The molecule has 3 rings (SSSR count). The third-order valence-corrected chi connectivity index (χ3v) is 4.91. The maximum atomic E-state index is 12.0. The molecule has 0 aliphatic carbocycles. The Morgan fingerprint density at radius 1 is 0.958 bits per heavy atom. The molecule has 3 heterocycles. The van der Waals surface area contributed by atoms with Crippen LogP contribution in [0.25, 0.3) is 0 Å². The second-order valence-electron chi connectivity index (χ2n) is 6.80. The highest BCUT2D eigenvalue weighted by atomic mass is 16.2. The predicted octanol–water partition coefficient (Wildman–Crippen LogP) is 2.22. The Bertz CT molecular complexity index is 563. The van der Waals surface area contributed by atoms with Gasteiger partial charge in [-0.25, -0.2) is 9.97 Å². The van der Waals surface area contributed by atoms with E-state index in [1.807, 2.05) is 11.8 Å². The van der Waals surface area contributed by atoms with Crippen molar-refractivity contribution >= 4 is 17.5 Å². The summed E-state index contributed by atoms with van der Waals surface area (Å²) in [7, 11) is 0. The van der Waals surface area contributed by atoms with Gasteiger partial charge in [-0.05, 0) is 32.6 Å². The summed E-state index contributed by atoms with van der Waals surface area (Å²) in [5, 5.41) is 0. The summed E-state index contributed by atoms with van der Waals surface area (Å²) in [5.74, 6) is 3.18. The van der Waals surface area contributed by atoms with Gasteiger partial charge < -0.3 is 14.7 Å². The highest BCUT2D eigenvalue weighted by Gasteiger charge is 2.22. The maximum Gasteiger partial charge on any atom is 0.222 e. The lowest BCUT2D eigenvalue weighted by Gasteiger charge is -2.36. The quantitative estimate of drug-likeness (QED) is 0.847. The molecule has 2 aliphatic rings. The third-order valence-electron chi connectivity index (χ3n) is 4.91. The van der Waals surface area contributed by atoms with Crippen LogP contribution in [0.4, 0.5) is 11.6 Å². The largest absolute Gasteiger partial charge is 0.356 e. The molecule has 0 saturated carbocycles. The van der Waals surface area contributed by atoms with E-state index in [1.165, 1.54) is 19.3 Å². The fourth-order valence-electron chi connectivity index (χ4n) is 3.54. The van der Waals surface area contributed by atoms with Crippen LogP contribution >= 0.6 is 0 Å². The number of rotatable bonds is 4. The molecule has 0 unspecified atom stereocenters. The average molecular weight is 331 g/mol. The number of carbonyl (C=O) groups is 1. The second kappa shape index (κ2) is 7.81. The van der Waals surface area contributed by atoms with Gasteiger partial charge in [0.25, 0.3) is 0 Å². The van der Waals surface area contributed by atoms with Gasteiger partial charge in [-0.2, -0.15) is 0 Å². The van der Waals surface area contributed by atoms with E-state index in [9.17, 15) is 4.79 Å². The number of carbonyl (C=O) groups excluding carboxylic acids is 1. The molecule has 1 amide bonds. The van der Waals surface area contributed by atoms with E-state index < -0.39 is 0 Å². The lowest BCUT2D eigenvalue weighted by atomic mass is 10.1.